The highest BCUT2D eigenvalue weighted by molar-refractivity contribution is 4.97. The van der Waals surface area contributed by atoms with Crippen LogP contribution in [0.4, 0.5) is 0 Å². The first-order chi connectivity index (χ1) is 6.31. The van der Waals surface area contributed by atoms with Crippen molar-refractivity contribution >= 4 is 0 Å². The topological polar surface area (TPSA) is 32.3 Å². The summed E-state index contributed by atoms with van der Waals surface area (Å²) in [6.07, 6.45) is 6.62. The first-order valence-corrected chi connectivity index (χ1v) is 5.68. The monoisotopic (exact) mass is 183 g/mol. The fourth-order valence-electron chi connectivity index (χ4n) is 2.17. The van der Waals surface area contributed by atoms with Crippen LogP contribution < -0.4 is 5.32 Å². The van der Waals surface area contributed by atoms with Gasteiger partial charge in [0.25, 0.3) is 0 Å². The number of hydrogen-bond donors (Lipinski definition) is 2. The van der Waals surface area contributed by atoms with Crippen molar-refractivity contribution in [3.8, 4) is 0 Å². The highest BCUT2D eigenvalue weighted by Gasteiger charge is 2.41. The van der Waals surface area contributed by atoms with Crippen LogP contribution in [0, 0.1) is 11.8 Å². The predicted octanol–water partition coefficient (Wildman–Crippen LogP) is 1.54. The molecule has 0 saturated heterocycles. The summed E-state index contributed by atoms with van der Waals surface area (Å²) in [7, 11) is 0. The smallest absolute Gasteiger partial charge is 0.0445 e. The molecule has 0 aliphatic heterocycles. The number of rotatable bonds is 6. The largest absolute Gasteiger partial charge is 0.396 e. The van der Waals surface area contributed by atoms with E-state index in [4.69, 9.17) is 5.11 Å². The molecule has 76 valence electrons. The summed E-state index contributed by atoms with van der Waals surface area (Å²) in [4.78, 5) is 0. The van der Waals surface area contributed by atoms with E-state index in [9.17, 15) is 0 Å². The van der Waals surface area contributed by atoms with E-state index < -0.39 is 0 Å². The molecule has 0 radical (unpaired) electrons. The quantitative estimate of drug-likeness (QED) is 0.654. The second kappa shape index (κ2) is 3.97. The summed E-state index contributed by atoms with van der Waals surface area (Å²) in [5.74, 6) is 1.93. The van der Waals surface area contributed by atoms with Gasteiger partial charge in [0, 0.05) is 18.7 Å². The zero-order chi connectivity index (χ0) is 9.26. The van der Waals surface area contributed by atoms with Crippen molar-refractivity contribution in [2.75, 3.05) is 6.61 Å². The molecule has 0 aromatic heterocycles. The molecule has 0 aromatic rings. The van der Waals surface area contributed by atoms with E-state index in [1.165, 1.54) is 25.7 Å². The van der Waals surface area contributed by atoms with Gasteiger partial charge in [0.1, 0.15) is 0 Å². The van der Waals surface area contributed by atoms with Crippen molar-refractivity contribution in [3.05, 3.63) is 0 Å². The molecule has 0 spiro atoms. The van der Waals surface area contributed by atoms with Crippen molar-refractivity contribution in [2.24, 2.45) is 11.8 Å². The molecule has 2 saturated carbocycles. The van der Waals surface area contributed by atoms with Gasteiger partial charge in [-0.15, -0.1) is 0 Å². The summed E-state index contributed by atoms with van der Waals surface area (Å²) in [6.45, 7) is 2.50. The lowest BCUT2D eigenvalue weighted by atomic mass is 10.1. The number of nitrogens with one attached hydrogen (secondary N) is 1. The van der Waals surface area contributed by atoms with Crippen LogP contribution in [0.15, 0.2) is 0 Å². The number of hydrogen-bond acceptors (Lipinski definition) is 2. The van der Waals surface area contributed by atoms with Crippen molar-refractivity contribution in [1.29, 1.82) is 0 Å². The molecule has 0 amide bonds. The van der Waals surface area contributed by atoms with Gasteiger partial charge in [0.15, 0.2) is 0 Å². The van der Waals surface area contributed by atoms with Crippen LogP contribution in [0.1, 0.15) is 39.0 Å². The lowest BCUT2D eigenvalue weighted by molar-refractivity contribution is 0.255. The normalized spacial score (nSPS) is 25.2. The van der Waals surface area contributed by atoms with Crippen LogP contribution >= 0.6 is 0 Å². The Morgan fingerprint density at radius 3 is 2.15 bits per heavy atom. The summed E-state index contributed by atoms with van der Waals surface area (Å²) < 4.78 is 0. The van der Waals surface area contributed by atoms with Crippen molar-refractivity contribution in [2.45, 2.75) is 51.1 Å². The Kier molecular flexibility index (Phi) is 2.89. The highest BCUT2D eigenvalue weighted by Crippen LogP contribution is 2.44. The zero-order valence-electron chi connectivity index (χ0n) is 8.50. The van der Waals surface area contributed by atoms with E-state index in [1.807, 2.05) is 0 Å². The van der Waals surface area contributed by atoms with Gasteiger partial charge in [-0.1, -0.05) is 0 Å². The molecule has 1 unspecified atom stereocenters. The van der Waals surface area contributed by atoms with Gasteiger partial charge >= 0.3 is 0 Å². The molecule has 2 aliphatic carbocycles. The van der Waals surface area contributed by atoms with Gasteiger partial charge < -0.3 is 10.4 Å². The van der Waals surface area contributed by atoms with Crippen LogP contribution in [0.2, 0.25) is 0 Å². The molecule has 2 rings (SSSR count). The fourth-order valence-corrected chi connectivity index (χ4v) is 2.17. The molecular formula is C11H21NO. The Labute approximate surface area is 80.7 Å². The molecular weight excluding hydrogens is 162 g/mol. The van der Waals surface area contributed by atoms with E-state index in [2.05, 4.69) is 12.2 Å². The highest BCUT2D eigenvalue weighted by atomic mass is 16.3. The van der Waals surface area contributed by atoms with Gasteiger partial charge in [-0.2, -0.15) is 0 Å². The molecule has 1 atom stereocenters. The third-order valence-corrected chi connectivity index (χ3v) is 3.30. The molecule has 2 fully saturated rings. The fraction of sp³-hybridized carbons (Fsp3) is 1.00. The van der Waals surface area contributed by atoms with E-state index in [0.29, 0.717) is 12.6 Å². The second-order valence-electron chi connectivity index (χ2n) is 4.78. The molecule has 0 heterocycles. The standard InChI is InChI=1S/C11H21NO/c1-8(6-7-13)12-11(9-2-3-9)10-4-5-10/h8-13H,2-7H2,1H3. The van der Waals surface area contributed by atoms with Gasteiger partial charge in [0.05, 0.1) is 0 Å². The second-order valence-corrected chi connectivity index (χ2v) is 4.78. The Morgan fingerprint density at radius 1 is 1.23 bits per heavy atom. The summed E-state index contributed by atoms with van der Waals surface area (Å²) in [5, 5.41) is 12.5. The maximum atomic E-state index is 8.82. The third kappa shape index (κ3) is 2.68. The minimum Gasteiger partial charge on any atom is -0.396 e. The Bertz CT molecular complexity index is 151. The van der Waals surface area contributed by atoms with Crippen LogP contribution in [-0.4, -0.2) is 23.8 Å². The van der Waals surface area contributed by atoms with E-state index in [-0.39, 0.29) is 0 Å². The summed E-state index contributed by atoms with van der Waals surface area (Å²) in [6, 6.07) is 1.28. The average Bonchev–Trinajstić information content (AvgIpc) is 2.95. The minimum absolute atomic E-state index is 0.316. The lowest BCUT2D eigenvalue weighted by Crippen LogP contribution is -2.40. The van der Waals surface area contributed by atoms with E-state index in [1.54, 1.807) is 0 Å². The first-order valence-electron chi connectivity index (χ1n) is 5.68. The molecule has 0 aromatic carbocycles. The zero-order valence-corrected chi connectivity index (χ0v) is 8.50. The van der Waals surface area contributed by atoms with Crippen LogP contribution in [-0.2, 0) is 0 Å². The van der Waals surface area contributed by atoms with E-state index in [0.717, 1.165) is 24.3 Å². The lowest BCUT2D eigenvalue weighted by Gasteiger charge is -2.22. The van der Waals surface area contributed by atoms with Crippen molar-refractivity contribution in [1.82, 2.24) is 5.32 Å². The molecule has 2 nitrogen and oxygen atoms in total. The number of aliphatic hydroxyl groups is 1. The van der Waals surface area contributed by atoms with Gasteiger partial charge in [0.2, 0.25) is 0 Å². The molecule has 2 N–H and O–H groups in total. The Morgan fingerprint density at radius 2 is 1.77 bits per heavy atom. The maximum absolute atomic E-state index is 8.82. The van der Waals surface area contributed by atoms with Crippen LogP contribution in [0.3, 0.4) is 0 Å². The van der Waals surface area contributed by atoms with Gasteiger partial charge in [-0.25, -0.2) is 0 Å². The first kappa shape index (κ1) is 9.47. The predicted molar refractivity (Wildman–Crippen MR) is 53.5 cm³/mol. The SMILES string of the molecule is CC(CCO)NC(C1CC1)C1CC1. The van der Waals surface area contributed by atoms with Crippen molar-refractivity contribution in [3.63, 3.8) is 0 Å². The van der Waals surface area contributed by atoms with Crippen LogP contribution in [0.25, 0.3) is 0 Å². The molecule has 0 bridgehead atoms. The summed E-state index contributed by atoms with van der Waals surface area (Å²) in [5.41, 5.74) is 0. The van der Waals surface area contributed by atoms with E-state index >= 15 is 0 Å². The molecule has 2 aliphatic rings. The minimum atomic E-state index is 0.316. The molecule has 2 heteroatoms. The Hall–Kier alpha value is -0.0800. The van der Waals surface area contributed by atoms with Crippen molar-refractivity contribution < 1.29 is 5.11 Å². The molecule has 13 heavy (non-hydrogen) atoms. The Balaban J connectivity index is 1.75. The third-order valence-electron chi connectivity index (χ3n) is 3.30. The van der Waals surface area contributed by atoms with Crippen LogP contribution in [0.5, 0.6) is 0 Å². The maximum Gasteiger partial charge on any atom is 0.0445 e. The number of aliphatic hydroxyl groups excluding tert-OH is 1. The van der Waals surface area contributed by atoms with Gasteiger partial charge in [-0.05, 0) is 50.9 Å². The summed E-state index contributed by atoms with van der Waals surface area (Å²) >= 11 is 0. The average molecular weight is 183 g/mol. The van der Waals surface area contributed by atoms with Gasteiger partial charge in [-0.3, -0.25) is 0 Å².